The predicted octanol–water partition coefficient (Wildman–Crippen LogP) is 6.49. The highest BCUT2D eigenvalue weighted by Crippen LogP contribution is 2.61. The number of hydrogen-bond acceptors (Lipinski definition) is 6. The summed E-state index contributed by atoms with van der Waals surface area (Å²) in [7, 11) is 1.71. The number of phenols is 1. The highest BCUT2D eigenvalue weighted by molar-refractivity contribution is 5.97. The van der Waals surface area contributed by atoms with E-state index in [1.165, 1.54) is 56.2 Å². The molecule has 4 saturated carbocycles. The molecule has 202 valence electrons. The number of methoxy groups -OCH3 is 1. The van der Waals surface area contributed by atoms with Crippen LogP contribution in [0.4, 0.5) is 0 Å². The number of rotatable bonds is 9. The van der Waals surface area contributed by atoms with Gasteiger partial charge in [0.1, 0.15) is 29.4 Å². The minimum atomic E-state index is -0.630. The van der Waals surface area contributed by atoms with Crippen LogP contribution in [0.15, 0.2) is 66.7 Å². The van der Waals surface area contributed by atoms with Crippen LogP contribution >= 0.6 is 0 Å². The molecule has 0 spiro atoms. The molecular formula is C33H34O6. The molecule has 6 nitrogen and oxygen atoms in total. The zero-order chi connectivity index (χ0) is 27.0. The van der Waals surface area contributed by atoms with Crippen LogP contribution in [0.3, 0.4) is 0 Å². The summed E-state index contributed by atoms with van der Waals surface area (Å²) in [6.45, 7) is -0.0666. The van der Waals surface area contributed by atoms with Crippen LogP contribution in [0.2, 0.25) is 0 Å². The monoisotopic (exact) mass is 526 g/mol. The van der Waals surface area contributed by atoms with Gasteiger partial charge in [0.15, 0.2) is 12.4 Å². The Hall–Kier alpha value is -3.80. The first kappa shape index (κ1) is 25.5. The van der Waals surface area contributed by atoms with Crippen molar-refractivity contribution in [3.63, 3.8) is 0 Å². The molecular weight excluding hydrogens is 492 g/mol. The normalized spacial score (nSPS) is 24.8. The summed E-state index contributed by atoms with van der Waals surface area (Å²) in [5.74, 6) is 2.50. The van der Waals surface area contributed by atoms with E-state index >= 15 is 0 Å². The van der Waals surface area contributed by atoms with Gasteiger partial charge < -0.3 is 19.3 Å². The summed E-state index contributed by atoms with van der Waals surface area (Å²) < 4.78 is 16.8. The second kappa shape index (κ2) is 10.4. The number of ether oxygens (including phenoxy) is 3. The summed E-state index contributed by atoms with van der Waals surface area (Å²) in [4.78, 5) is 25.6. The largest absolute Gasteiger partial charge is 0.507 e. The zero-order valence-electron chi connectivity index (χ0n) is 22.2. The van der Waals surface area contributed by atoms with E-state index in [2.05, 4.69) is 0 Å². The van der Waals surface area contributed by atoms with Gasteiger partial charge in [-0.05, 0) is 97.6 Å². The third kappa shape index (κ3) is 5.12. The van der Waals surface area contributed by atoms with Crippen LogP contribution < -0.4 is 9.47 Å². The van der Waals surface area contributed by atoms with Gasteiger partial charge in [-0.1, -0.05) is 30.3 Å². The first-order chi connectivity index (χ1) is 18.9. The van der Waals surface area contributed by atoms with E-state index in [-0.39, 0.29) is 35.7 Å². The van der Waals surface area contributed by atoms with Crippen molar-refractivity contribution in [2.45, 2.75) is 50.5 Å². The maximum Gasteiger partial charge on any atom is 0.342 e. The number of ketones is 1. The average Bonchev–Trinajstić information content (AvgIpc) is 2.94. The van der Waals surface area contributed by atoms with Crippen LogP contribution in [-0.2, 0) is 16.8 Å². The van der Waals surface area contributed by atoms with Gasteiger partial charge in [-0.2, -0.15) is 0 Å². The Morgan fingerprint density at radius 3 is 2.23 bits per heavy atom. The number of phenolic OH excluding ortho intramolecular Hbond substituents is 1. The van der Waals surface area contributed by atoms with Crippen molar-refractivity contribution in [1.82, 2.24) is 0 Å². The fourth-order valence-electron chi connectivity index (χ4n) is 7.54. The summed E-state index contributed by atoms with van der Waals surface area (Å²) in [6.07, 6.45) is 7.61. The lowest BCUT2D eigenvalue weighted by molar-refractivity contribution is -0.00617. The molecule has 6 heteroatoms. The van der Waals surface area contributed by atoms with Crippen molar-refractivity contribution in [1.29, 1.82) is 0 Å². The topological polar surface area (TPSA) is 82.1 Å². The van der Waals surface area contributed by atoms with Crippen molar-refractivity contribution in [3.05, 3.63) is 89.0 Å². The number of aromatic hydroxyl groups is 1. The van der Waals surface area contributed by atoms with Crippen LogP contribution in [0.5, 0.6) is 17.2 Å². The van der Waals surface area contributed by atoms with Gasteiger partial charge in [0, 0.05) is 17.2 Å². The van der Waals surface area contributed by atoms with E-state index in [0.717, 1.165) is 29.1 Å². The molecule has 39 heavy (non-hydrogen) atoms. The lowest BCUT2D eigenvalue weighted by atomic mass is 9.48. The van der Waals surface area contributed by atoms with Crippen LogP contribution in [0.25, 0.3) is 0 Å². The molecule has 4 bridgehead atoms. The number of Topliss-reactive ketones (excluding diaryl/α,β-unsaturated/α-hetero) is 1. The number of esters is 1. The molecule has 3 aromatic carbocycles. The summed E-state index contributed by atoms with van der Waals surface area (Å²) in [5, 5.41) is 10.4. The van der Waals surface area contributed by atoms with Crippen molar-refractivity contribution < 1.29 is 28.9 Å². The second-order valence-corrected chi connectivity index (χ2v) is 11.6. The lowest BCUT2D eigenvalue weighted by Gasteiger charge is -2.57. The predicted molar refractivity (Wildman–Crippen MR) is 146 cm³/mol. The minimum Gasteiger partial charge on any atom is -0.507 e. The van der Waals surface area contributed by atoms with Crippen molar-refractivity contribution in [2.75, 3.05) is 13.7 Å². The molecule has 0 amide bonds. The van der Waals surface area contributed by atoms with E-state index in [9.17, 15) is 14.7 Å². The quantitative estimate of drug-likeness (QED) is 0.254. The van der Waals surface area contributed by atoms with Gasteiger partial charge in [-0.15, -0.1) is 0 Å². The average molecular weight is 527 g/mol. The van der Waals surface area contributed by atoms with Crippen molar-refractivity contribution in [2.24, 2.45) is 17.8 Å². The third-order valence-corrected chi connectivity index (χ3v) is 8.90. The molecule has 0 heterocycles. The molecule has 1 N–H and O–H groups in total. The van der Waals surface area contributed by atoms with Crippen LogP contribution in [-0.4, -0.2) is 30.6 Å². The molecule has 3 aromatic rings. The molecule has 4 aliphatic rings. The van der Waals surface area contributed by atoms with Gasteiger partial charge in [-0.25, -0.2) is 4.79 Å². The van der Waals surface area contributed by atoms with Crippen LogP contribution in [0, 0.1) is 17.8 Å². The standard InChI is InChI=1S/C33H34O6/c1-37-31-10-7-25(14-28(31)33-16-22-11-23(17-33)13-24(12-22)18-33)30(35)20-38-26-8-9-27(29(34)15-26)32(36)39-19-21-5-3-2-4-6-21/h2-10,14-15,22-24,34H,11-13,16-20H2,1H3. The maximum absolute atomic E-state index is 13.2. The Kier molecular flexibility index (Phi) is 6.79. The Morgan fingerprint density at radius 2 is 1.59 bits per heavy atom. The molecule has 0 unspecified atom stereocenters. The molecule has 4 fully saturated rings. The Bertz CT molecular complexity index is 1340. The van der Waals surface area contributed by atoms with E-state index in [1.807, 2.05) is 42.5 Å². The molecule has 7 rings (SSSR count). The molecule has 0 saturated heterocycles. The molecule has 0 aromatic heterocycles. The van der Waals surface area contributed by atoms with E-state index in [4.69, 9.17) is 14.2 Å². The smallest absolute Gasteiger partial charge is 0.342 e. The van der Waals surface area contributed by atoms with Crippen molar-refractivity contribution in [3.8, 4) is 17.2 Å². The number of carbonyl (C=O) groups is 2. The maximum atomic E-state index is 13.2. The fraction of sp³-hybridized carbons (Fsp3) is 0.394. The number of carbonyl (C=O) groups excluding carboxylic acids is 2. The van der Waals surface area contributed by atoms with E-state index in [1.54, 1.807) is 19.2 Å². The highest BCUT2D eigenvalue weighted by atomic mass is 16.5. The SMILES string of the molecule is COc1ccc(C(=O)COc2ccc(C(=O)OCc3ccccc3)c(O)c2)cc1C12CC3CC(CC(C3)C1)C2. The van der Waals surface area contributed by atoms with E-state index < -0.39 is 5.97 Å². The summed E-state index contributed by atoms with van der Waals surface area (Å²) >= 11 is 0. The second-order valence-electron chi connectivity index (χ2n) is 11.6. The molecule has 0 aliphatic heterocycles. The summed E-state index contributed by atoms with van der Waals surface area (Å²) in [5.41, 5.74) is 2.78. The summed E-state index contributed by atoms with van der Waals surface area (Å²) in [6, 6.07) is 19.4. The van der Waals surface area contributed by atoms with E-state index in [0.29, 0.717) is 11.3 Å². The van der Waals surface area contributed by atoms with Gasteiger partial charge in [0.2, 0.25) is 0 Å². The number of hydrogen-bond donors (Lipinski definition) is 1. The van der Waals surface area contributed by atoms with Gasteiger partial charge >= 0.3 is 5.97 Å². The van der Waals surface area contributed by atoms with Gasteiger partial charge in [0.05, 0.1) is 7.11 Å². The Labute approximate surface area is 228 Å². The highest BCUT2D eigenvalue weighted by Gasteiger charge is 2.52. The van der Waals surface area contributed by atoms with Crippen molar-refractivity contribution >= 4 is 11.8 Å². The van der Waals surface area contributed by atoms with Gasteiger partial charge in [-0.3, -0.25) is 4.79 Å². The molecule has 0 radical (unpaired) electrons. The fourth-order valence-corrected chi connectivity index (χ4v) is 7.54. The lowest BCUT2D eigenvalue weighted by Crippen LogP contribution is -2.48. The zero-order valence-corrected chi connectivity index (χ0v) is 22.2. The molecule has 4 aliphatic carbocycles. The molecule has 0 atom stereocenters. The first-order valence-electron chi connectivity index (χ1n) is 13.8. The minimum absolute atomic E-state index is 0.0416. The number of benzene rings is 3. The third-order valence-electron chi connectivity index (χ3n) is 8.90. The Morgan fingerprint density at radius 1 is 0.897 bits per heavy atom. The van der Waals surface area contributed by atoms with Crippen LogP contribution in [0.1, 0.15) is 70.4 Å². The first-order valence-corrected chi connectivity index (χ1v) is 13.8. The van der Waals surface area contributed by atoms with Gasteiger partial charge in [0.25, 0.3) is 0 Å². The Balaban J connectivity index is 1.12.